The fourth-order valence-corrected chi connectivity index (χ4v) is 3.56. The predicted molar refractivity (Wildman–Crippen MR) is 96.4 cm³/mol. The Morgan fingerprint density at radius 2 is 1.96 bits per heavy atom. The van der Waals surface area contributed by atoms with Crippen LogP contribution in [0.3, 0.4) is 0 Å². The molecule has 1 saturated heterocycles. The number of aromatic nitrogens is 4. The lowest BCUT2D eigenvalue weighted by Crippen LogP contribution is -2.32. The Bertz CT molecular complexity index is 826. The standard InChI is InChI=1S/C17H17FN6S/c18-14-11-19-17(21-16(14)13-4-10-25-12-13)24-7-2-6-23(8-9-24)15-3-1-5-20-22-15/h1,3-5,10-12H,2,6-9H2. The Hall–Kier alpha value is -2.61. The van der Waals surface area contributed by atoms with E-state index in [4.69, 9.17) is 0 Å². The number of anilines is 2. The lowest BCUT2D eigenvalue weighted by atomic mass is 10.2. The molecule has 4 heterocycles. The van der Waals surface area contributed by atoms with E-state index >= 15 is 0 Å². The minimum absolute atomic E-state index is 0.362. The summed E-state index contributed by atoms with van der Waals surface area (Å²) in [7, 11) is 0. The molecular formula is C17H17FN6S. The quantitative estimate of drug-likeness (QED) is 0.719. The summed E-state index contributed by atoms with van der Waals surface area (Å²) in [5, 5.41) is 11.9. The second-order valence-corrected chi connectivity index (χ2v) is 6.57. The number of hydrogen-bond donors (Lipinski definition) is 0. The van der Waals surface area contributed by atoms with Gasteiger partial charge in [-0.3, -0.25) is 0 Å². The van der Waals surface area contributed by atoms with E-state index in [-0.39, 0.29) is 0 Å². The highest BCUT2D eigenvalue weighted by Crippen LogP contribution is 2.25. The van der Waals surface area contributed by atoms with Crippen molar-refractivity contribution >= 4 is 23.1 Å². The Morgan fingerprint density at radius 1 is 1.08 bits per heavy atom. The van der Waals surface area contributed by atoms with Gasteiger partial charge < -0.3 is 9.80 Å². The number of thiophene rings is 1. The van der Waals surface area contributed by atoms with Crippen LogP contribution in [0.15, 0.2) is 41.4 Å². The van der Waals surface area contributed by atoms with Crippen molar-refractivity contribution in [2.45, 2.75) is 6.42 Å². The lowest BCUT2D eigenvalue weighted by molar-refractivity contribution is 0.615. The van der Waals surface area contributed by atoms with Gasteiger partial charge >= 0.3 is 0 Å². The van der Waals surface area contributed by atoms with Gasteiger partial charge in [-0.25, -0.2) is 14.4 Å². The highest BCUT2D eigenvalue weighted by atomic mass is 32.1. The zero-order valence-electron chi connectivity index (χ0n) is 13.5. The van der Waals surface area contributed by atoms with Crippen LogP contribution in [0.2, 0.25) is 0 Å². The smallest absolute Gasteiger partial charge is 0.226 e. The van der Waals surface area contributed by atoms with Crippen molar-refractivity contribution < 1.29 is 4.39 Å². The van der Waals surface area contributed by atoms with Gasteiger partial charge in [-0.2, -0.15) is 16.4 Å². The molecule has 4 rings (SSSR count). The molecule has 0 N–H and O–H groups in total. The Morgan fingerprint density at radius 3 is 2.76 bits per heavy atom. The molecule has 25 heavy (non-hydrogen) atoms. The summed E-state index contributed by atoms with van der Waals surface area (Å²) in [6, 6.07) is 5.73. The summed E-state index contributed by atoms with van der Waals surface area (Å²) in [4.78, 5) is 13.0. The van der Waals surface area contributed by atoms with E-state index in [1.54, 1.807) is 6.20 Å². The van der Waals surface area contributed by atoms with Crippen molar-refractivity contribution in [1.82, 2.24) is 20.2 Å². The normalized spacial score (nSPS) is 15.2. The molecule has 128 valence electrons. The number of nitrogens with zero attached hydrogens (tertiary/aromatic N) is 6. The average Bonchev–Trinajstić information content (AvgIpc) is 3.07. The Kier molecular flexibility index (Phi) is 4.51. The maximum Gasteiger partial charge on any atom is 0.226 e. The molecule has 0 amide bonds. The van der Waals surface area contributed by atoms with Gasteiger partial charge in [-0.15, -0.1) is 5.10 Å². The molecule has 1 fully saturated rings. The first-order valence-electron chi connectivity index (χ1n) is 8.14. The summed E-state index contributed by atoms with van der Waals surface area (Å²) in [5.41, 5.74) is 1.16. The van der Waals surface area contributed by atoms with Gasteiger partial charge in [0.05, 0.1) is 6.20 Å². The lowest BCUT2D eigenvalue weighted by Gasteiger charge is -2.22. The molecule has 0 aromatic carbocycles. The average molecular weight is 356 g/mol. The summed E-state index contributed by atoms with van der Waals surface area (Å²) < 4.78 is 14.1. The van der Waals surface area contributed by atoms with Crippen molar-refractivity contribution in [2.75, 3.05) is 36.0 Å². The molecule has 1 aliphatic rings. The highest BCUT2D eigenvalue weighted by molar-refractivity contribution is 7.08. The van der Waals surface area contributed by atoms with E-state index in [0.29, 0.717) is 11.6 Å². The van der Waals surface area contributed by atoms with Gasteiger partial charge in [-0.1, -0.05) is 0 Å². The van der Waals surface area contributed by atoms with Gasteiger partial charge in [0.25, 0.3) is 0 Å². The van der Waals surface area contributed by atoms with Crippen LogP contribution >= 0.6 is 11.3 Å². The molecule has 0 spiro atoms. The molecule has 3 aromatic rings. The van der Waals surface area contributed by atoms with Gasteiger partial charge in [-0.05, 0) is 30.0 Å². The molecule has 0 saturated carbocycles. The third-order valence-electron chi connectivity index (χ3n) is 4.19. The molecule has 0 unspecified atom stereocenters. The molecular weight excluding hydrogens is 339 g/mol. The van der Waals surface area contributed by atoms with E-state index < -0.39 is 5.82 Å². The fourth-order valence-electron chi connectivity index (χ4n) is 2.92. The molecule has 0 aliphatic carbocycles. The monoisotopic (exact) mass is 356 g/mol. The number of halogens is 1. The van der Waals surface area contributed by atoms with Gasteiger partial charge in [0.1, 0.15) is 5.69 Å². The number of rotatable bonds is 3. The molecule has 0 atom stereocenters. The first kappa shape index (κ1) is 15.9. The first-order chi connectivity index (χ1) is 12.3. The second kappa shape index (κ2) is 7.10. The van der Waals surface area contributed by atoms with E-state index in [1.807, 2.05) is 29.0 Å². The van der Waals surface area contributed by atoms with Crippen LogP contribution in [0.5, 0.6) is 0 Å². The summed E-state index contributed by atoms with van der Waals surface area (Å²) in [6.45, 7) is 3.28. The maximum atomic E-state index is 14.1. The van der Waals surface area contributed by atoms with E-state index in [9.17, 15) is 4.39 Å². The molecule has 6 nitrogen and oxygen atoms in total. The van der Waals surface area contributed by atoms with E-state index in [2.05, 4.69) is 30.0 Å². The topological polar surface area (TPSA) is 58.0 Å². The van der Waals surface area contributed by atoms with Crippen molar-refractivity contribution in [1.29, 1.82) is 0 Å². The second-order valence-electron chi connectivity index (χ2n) is 5.79. The highest BCUT2D eigenvalue weighted by Gasteiger charge is 2.19. The molecule has 1 aliphatic heterocycles. The van der Waals surface area contributed by atoms with Gasteiger partial charge in [0.15, 0.2) is 11.6 Å². The van der Waals surface area contributed by atoms with Crippen LogP contribution in [0.4, 0.5) is 16.2 Å². The number of hydrogen-bond acceptors (Lipinski definition) is 7. The third kappa shape index (κ3) is 3.43. The minimum atomic E-state index is -0.391. The van der Waals surface area contributed by atoms with Crippen LogP contribution in [-0.4, -0.2) is 46.3 Å². The minimum Gasteiger partial charge on any atom is -0.353 e. The zero-order valence-corrected chi connectivity index (χ0v) is 14.4. The summed E-state index contributed by atoms with van der Waals surface area (Å²) in [6.07, 6.45) is 3.89. The first-order valence-corrected chi connectivity index (χ1v) is 9.08. The zero-order chi connectivity index (χ0) is 17.1. The molecule has 3 aromatic heterocycles. The van der Waals surface area contributed by atoms with Crippen LogP contribution in [-0.2, 0) is 0 Å². The Labute approximate surface area is 149 Å². The van der Waals surface area contributed by atoms with E-state index in [1.165, 1.54) is 17.5 Å². The molecule has 8 heteroatoms. The van der Waals surface area contributed by atoms with Gasteiger partial charge in [0, 0.05) is 43.3 Å². The fraction of sp³-hybridized carbons (Fsp3) is 0.294. The SMILES string of the molecule is Fc1cnc(N2CCCN(c3cccnn3)CC2)nc1-c1ccsc1. The van der Waals surface area contributed by atoms with Crippen LogP contribution in [0, 0.1) is 5.82 Å². The third-order valence-corrected chi connectivity index (χ3v) is 4.87. The van der Waals surface area contributed by atoms with E-state index in [0.717, 1.165) is 44.0 Å². The summed E-state index contributed by atoms with van der Waals surface area (Å²) >= 11 is 1.53. The van der Waals surface area contributed by atoms with Gasteiger partial charge in [0.2, 0.25) is 5.95 Å². The Balaban J connectivity index is 1.54. The van der Waals surface area contributed by atoms with Crippen LogP contribution in [0.1, 0.15) is 6.42 Å². The van der Waals surface area contributed by atoms with Crippen molar-refractivity contribution in [3.05, 3.63) is 47.2 Å². The van der Waals surface area contributed by atoms with Crippen molar-refractivity contribution in [3.63, 3.8) is 0 Å². The maximum absolute atomic E-state index is 14.1. The molecule has 0 bridgehead atoms. The summed E-state index contributed by atoms with van der Waals surface area (Å²) in [5.74, 6) is 1.06. The van der Waals surface area contributed by atoms with Crippen molar-refractivity contribution in [3.8, 4) is 11.3 Å². The van der Waals surface area contributed by atoms with Crippen LogP contribution in [0.25, 0.3) is 11.3 Å². The van der Waals surface area contributed by atoms with Crippen molar-refractivity contribution in [2.24, 2.45) is 0 Å². The largest absolute Gasteiger partial charge is 0.353 e. The molecule has 0 radical (unpaired) electrons. The van der Waals surface area contributed by atoms with Crippen LogP contribution < -0.4 is 9.80 Å². The predicted octanol–water partition coefficient (Wildman–Crippen LogP) is 2.85.